The Morgan fingerprint density at radius 2 is 1.73 bits per heavy atom. The van der Waals surface area contributed by atoms with E-state index in [2.05, 4.69) is 4.99 Å². The summed E-state index contributed by atoms with van der Waals surface area (Å²) in [6.45, 7) is 0. The van der Waals surface area contributed by atoms with Crippen molar-refractivity contribution < 1.29 is 19.4 Å². The molecule has 10 nitrogen and oxygen atoms in total. The standard InChI is InChI=1S/C12H8N4O6/c17-11-10(16(21)22)9(13-12(18)14-11)6-3-7-1-4-8(5-2-7)15(19)20/h1-6,10H,(H,14,17,18)/b6-3+. The molecule has 10 heteroatoms. The molecule has 0 saturated heterocycles. The molecule has 0 spiro atoms. The summed E-state index contributed by atoms with van der Waals surface area (Å²) < 4.78 is 0. The number of nitrogens with zero attached hydrogens (tertiary/aromatic N) is 3. The summed E-state index contributed by atoms with van der Waals surface area (Å²) in [6, 6.07) is 2.59. The molecule has 1 aromatic carbocycles. The molecule has 112 valence electrons. The molecular weight excluding hydrogens is 296 g/mol. The predicted molar refractivity (Wildman–Crippen MR) is 73.9 cm³/mol. The normalized spacial score (nSPS) is 18.0. The molecule has 0 saturated carbocycles. The van der Waals surface area contributed by atoms with E-state index in [1.807, 2.05) is 0 Å². The van der Waals surface area contributed by atoms with Crippen molar-refractivity contribution >= 4 is 29.4 Å². The van der Waals surface area contributed by atoms with Gasteiger partial charge >= 0.3 is 18.0 Å². The maximum Gasteiger partial charge on any atom is 0.348 e. The third-order valence-corrected chi connectivity index (χ3v) is 2.75. The van der Waals surface area contributed by atoms with Gasteiger partial charge in [-0.3, -0.25) is 30.3 Å². The van der Waals surface area contributed by atoms with Gasteiger partial charge in [-0.2, -0.15) is 4.99 Å². The van der Waals surface area contributed by atoms with Gasteiger partial charge in [0.2, 0.25) is 0 Å². The zero-order valence-corrected chi connectivity index (χ0v) is 10.8. The van der Waals surface area contributed by atoms with Gasteiger partial charge in [0.15, 0.2) is 0 Å². The fourth-order valence-corrected chi connectivity index (χ4v) is 1.74. The van der Waals surface area contributed by atoms with Crippen LogP contribution in [0.1, 0.15) is 5.56 Å². The Balaban J connectivity index is 2.26. The molecule has 1 N–H and O–H groups in total. The Hall–Kier alpha value is -3.43. The highest BCUT2D eigenvalue weighted by atomic mass is 16.6. The van der Waals surface area contributed by atoms with Crippen LogP contribution in [0.3, 0.4) is 0 Å². The second kappa shape index (κ2) is 5.91. The highest BCUT2D eigenvalue weighted by Gasteiger charge is 2.39. The molecule has 0 radical (unpaired) electrons. The molecule has 1 atom stereocenters. The van der Waals surface area contributed by atoms with E-state index in [0.717, 1.165) is 6.08 Å². The predicted octanol–water partition coefficient (Wildman–Crippen LogP) is 0.944. The molecule has 0 bridgehead atoms. The van der Waals surface area contributed by atoms with Gasteiger partial charge in [-0.25, -0.2) is 4.79 Å². The maximum atomic E-state index is 11.4. The summed E-state index contributed by atoms with van der Waals surface area (Å²) in [7, 11) is 0. The first-order valence-corrected chi connectivity index (χ1v) is 5.88. The Bertz CT molecular complexity index is 722. The molecule has 1 heterocycles. The van der Waals surface area contributed by atoms with Crippen molar-refractivity contribution in [2.75, 3.05) is 0 Å². The lowest BCUT2D eigenvalue weighted by atomic mass is 10.1. The average molecular weight is 304 g/mol. The highest BCUT2D eigenvalue weighted by Crippen LogP contribution is 2.13. The monoisotopic (exact) mass is 304 g/mol. The number of urea groups is 1. The first-order valence-electron chi connectivity index (χ1n) is 5.88. The SMILES string of the molecule is O=C1N=C(/C=C/c2ccc([N+](=O)[O-])cc2)C([N+](=O)[O-])C(=O)N1. The van der Waals surface area contributed by atoms with E-state index in [4.69, 9.17) is 0 Å². The van der Waals surface area contributed by atoms with Crippen LogP contribution in [0.15, 0.2) is 35.3 Å². The van der Waals surface area contributed by atoms with Crippen molar-refractivity contribution in [3.05, 3.63) is 56.1 Å². The molecule has 1 unspecified atom stereocenters. The number of hydrogen-bond donors (Lipinski definition) is 1. The largest absolute Gasteiger partial charge is 0.348 e. The molecule has 22 heavy (non-hydrogen) atoms. The fraction of sp³-hybridized carbons (Fsp3) is 0.0833. The molecule has 0 aromatic heterocycles. The summed E-state index contributed by atoms with van der Waals surface area (Å²) in [6.07, 6.45) is 2.52. The van der Waals surface area contributed by atoms with E-state index < -0.39 is 27.8 Å². The summed E-state index contributed by atoms with van der Waals surface area (Å²) in [5, 5.41) is 23.1. The minimum absolute atomic E-state index is 0.107. The lowest BCUT2D eigenvalue weighted by Gasteiger charge is -2.12. The number of rotatable bonds is 4. The van der Waals surface area contributed by atoms with Gasteiger partial charge in [-0.1, -0.05) is 6.08 Å². The average Bonchev–Trinajstić information content (AvgIpc) is 2.44. The van der Waals surface area contributed by atoms with Crippen LogP contribution in [0.2, 0.25) is 0 Å². The molecule has 1 aliphatic rings. The summed E-state index contributed by atoms with van der Waals surface area (Å²) >= 11 is 0. The zero-order valence-electron chi connectivity index (χ0n) is 10.8. The van der Waals surface area contributed by atoms with Crippen LogP contribution in [-0.4, -0.2) is 33.5 Å². The Kier molecular flexibility index (Phi) is 4.02. The van der Waals surface area contributed by atoms with E-state index in [1.165, 1.54) is 30.3 Å². The molecule has 2 rings (SSSR count). The molecule has 0 aliphatic carbocycles. The third-order valence-electron chi connectivity index (χ3n) is 2.75. The van der Waals surface area contributed by atoms with Crippen molar-refractivity contribution in [3.8, 4) is 0 Å². The second-order valence-corrected chi connectivity index (χ2v) is 4.20. The number of nitro benzene ring substituents is 1. The third kappa shape index (κ3) is 3.17. The van der Waals surface area contributed by atoms with Crippen LogP contribution in [0.4, 0.5) is 10.5 Å². The summed E-state index contributed by atoms with van der Waals surface area (Å²) in [5.41, 5.74) is 0.0795. The number of benzene rings is 1. The fourth-order valence-electron chi connectivity index (χ4n) is 1.74. The number of carbonyl (C=O) groups excluding carboxylic acids is 2. The van der Waals surface area contributed by atoms with Gasteiger partial charge in [0.1, 0.15) is 5.71 Å². The number of amides is 3. The van der Waals surface area contributed by atoms with E-state index in [9.17, 15) is 29.8 Å². The molecule has 0 fully saturated rings. The number of imide groups is 1. The quantitative estimate of drug-likeness (QED) is 0.647. The smallest absolute Gasteiger partial charge is 0.270 e. The number of non-ortho nitro benzene ring substituents is 1. The van der Waals surface area contributed by atoms with Crippen molar-refractivity contribution in [3.63, 3.8) is 0 Å². The van der Waals surface area contributed by atoms with E-state index in [-0.39, 0.29) is 11.4 Å². The number of aliphatic imine (C=N–C) groups is 1. The van der Waals surface area contributed by atoms with Crippen molar-refractivity contribution in [2.24, 2.45) is 4.99 Å². The van der Waals surface area contributed by atoms with Crippen LogP contribution in [0.5, 0.6) is 0 Å². The Labute approximate surface area is 122 Å². The first kappa shape index (κ1) is 15.0. The lowest BCUT2D eigenvalue weighted by molar-refractivity contribution is -0.489. The van der Waals surface area contributed by atoms with Gasteiger partial charge in [0.25, 0.3) is 5.69 Å². The molecule has 1 aromatic rings. The topological polar surface area (TPSA) is 145 Å². The lowest BCUT2D eigenvalue weighted by Crippen LogP contribution is -2.50. The number of nitrogens with one attached hydrogen (secondary N) is 1. The Morgan fingerprint density at radius 1 is 1.09 bits per heavy atom. The van der Waals surface area contributed by atoms with Crippen molar-refractivity contribution in [1.29, 1.82) is 0 Å². The van der Waals surface area contributed by atoms with Crippen LogP contribution in [0, 0.1) is 20.2 Å². The highest BCUT2D eigenvalue weighted by molar-refractivity contribution is 6.22. The van der Waals surface area contributed by atoms with E-state index in [1.54, 1.807) is 5.32 Å². The van der Waals surface area contributed by atoms with Crippen LogP contribution in [-0.2, 0) is 4.79 Å². The van der Waals surface area contributed by atoms with Gasteiger partial charge < -0.3 is 0 Å². The van der Waals surface area contributed by atoms with Crippen LogP contribution in [0.25, 0.3) is 6.08 Å². The van der Waals surface area contributed by atoms with Gasteiger partial charge in [-0.05, 0) is 23.8 Å². The number of nitro groups is 2. The second-order valence-electron chi connectivity index (χ2n) is 4.20. The van der Waals surface area contributed by atoms with Gasteiger partial charge in [0, 0.05) is 17.1 Å². The maximum absolute atomic E-state index is 11.4. The molecule has 3 amide bonds. The first-order chi connectivity index (χ1) is 10.4. The Morgan fingerprint density at radius 3 is 2.27 bits per heavy atom. The minimum atomic E-state index is -1.77. The minimum Gasteiger partial charge on any atom is -0.270 e. The van der Waals surface area contributed by atoms with Gasteiger partial charge in [-0.15, -0.1) is 0 Å². The van der Waals surface area contributed by atoms with Gasteiger partial charge in [0.05, 0.1) is 4.92 Å². The summed E-state index contributed by atoms with van der Waals surface area (Å²) in [5.74, 6) is -1.06. The van der Waals surface area contributed by atoms with E-state index in [0.29, 0.717) is 5.56 Å². The van der Waals surface area contributed by atoms with E-state index >= 15 is 0 Å². The molecular formula is C12H8N4O6. The molecule has 1 aliphatic heterocycles. The number of carbonyl (C=O) groups is 2. The summed E-state index contributed by atoms with van der Waals surface area (Å²) in [4.78, 5) is 45.9. The number of hydrogen-bond acceptors (Lipinski definition) is 6. The van der Waals surface area contributed by atoms with Crippen LogP contribution >= 0.6 is 0 Å². The van der Waals surface area contributed by atoms with Crippen molar-refractivity contribution in [2.45, 2.75) is 6.04 Å². The van der Waals surface area contributed by atoms with Crippen molar-refractivity contribution in [1.82, 2.24) is 5.32 Å². The van der Waals surface area contributed by atoms with Crippen LogP contribution < -0.4 is 5.32 Å². The zero-order chi connectivity index (χ0) is 16.3.